The van der Waals surface area contributed by atoms with Gasteiger partial charge in [0.15, 0.2) is 0 Å². The first-order valence-corrected chi connectivity index (χ1v) is 6.64. The predicted octanol–water partition coefficient (Wildman–Crippen LogP) is 3.88. The van der Waals surface area contributed by atoms with Crippen LogP contribution in [0.1, 0.15) is 26.5 Å². The van der Waals surface area contributed by atoms with Crippen molar-refractivity contribution in [2.24, 2.45) is 0 Å². The minimum atomic E-state index is -0.495. The van der Waals surface area contributed by atoms with Crippen LogP contribution >= 0.6 is 0 Å². The predicted molar refractivity (Wildman–Crippen MR) is 79.8 cm³/mol. The molecule has 2 rings (SSSR count). The van der Waals surface area contributed by atoms with Crippen LogP contribution < -0.4 is 5.32 Å². The molecule has 106 valence electrons. The molecule has 0 aliphatic rings. The van der Waals surface area contributed by atoms with E-state index in [9.17, 15) is 4.79 Å². The number of nitrogens with zero attached hydrogens (tertiary/aromatic N) is 1. The summed E-state index contributed by atoms with van der Waals surface area (Å²) in [6.07, 6.45) is 1.36. The number of ether oxygens (including phenoxy) is 1. The molecule has 1 heterocycles. The maximum Gasteiger partial charge on any atom is 0.418 e. The summed E-state index contributed by atoms with van der Waals surface area (Å²) in [5.41, 5.74) is 1.39. The summed E-state index contributed by atoms with van der Waals surface area (Å²) in [5.74, 6) is 0. The minimum Gasteiger partial charge on any atom is -0.443 e. The molecule has 4 heteroatoms. The molecule has 0 radical (unpaired) electrons. The maximum atomic E-state index is 12.1. The van der Waals surface area contributed by atoms with Crippen LogP contribution in [0.3, 0.4) is 0 Å². The second-order valence-electron chi connectivity index (χ2n) is 5.57. The molecule has 0 spiro atoms. The number of para-hydroxylation sites is 1. The second-order valence-corrected chi connectivity index (χ2v) is 5.57. The van der Waals surface area contributed by atoms with E-state index in [1.54, 1.807) is 6.20 Å². The zero-order valence-corrected chi connectivity index (χ0v) is 12.1. The Labute approximate surface area is 119 Å². The molecule has 0 saturated heterocycles. The van der Waals surface area contributed by atoms with Crippen LogP contribution in [-0.4, -0.2) is 16.3 Å². The lowest BCUT2D eigenvalue weighted by Gasteiger charge is -2.20. The number of anilines is 1. The third-order valence-electron chi connectivity index (χ3n) is 2.67. The Hall–Kier alpha value is -2.23. The van der Waals surface area contributed by atoms with Crippen molar-refractivity contribution in [1.29, 1.82) is 0 Å². The number of carbonyl (C=O) groups excluding carboxylic acids is 1. The van der Waals surface area contributed by atoms with Crippen molar-refractivity contribution in [2.75, 3.05) is 5.32 Å². The van der Waals surface area contributed by atoms with E-state index in [4.69, 9.17) is 4.74 Å². The lowest BCUT2D eigenvalue weighted by Crippen LogP contribution is -2.28. The molecule has 0 saturated carbocycles. The van der Waals surface area contributed by atoms with Crippen LogP contribution in [0.15, 0.2) is 48.7 Å². The van der Waals surface area contributed by atoms with Gasteiger partial charge in [-0.1, -0.05) is 18.2 Å². The van der Waals surface area contributed by atoms with Crippen LogP contribution in [0.2, 0.25) is 0 Å². The SMILES string of the molecule is CC(C)(C)OC(=O)n1cccc1CNc1ccccc1. The van der Waals surface area contributed by atoms with Gasteiger partial charge < -0.3 is 10.1 Å². The minimum absolute atomic E-state index is 0.354. The summed E-state index contributed by atoms with van der Waals surface area (Å²) in [5, 5.41) is 3.28. The summed E-state index contributed by atoms with van der Waals surface area (Å²) >= 11 is 0. The lowest BCUT2D eigenvalue weighted by molar-refractivity contribution is 0.0533. The Bertz CT molecular complexity index is 568. The molecule has 1 N–H and O–H groups in total. The van der Waals surface area contributed by atoms with Crippen molar-refractivity contribution in [2.45, 2.75) is 32.9 Å². The van der Waals surface area contributed by atoms with E-state index in [2.05, 4.69) is 5.32 Å². The summed E-state index contributed by atoms with van der Waals surface area (Å²) in [7, 11) is 0. The highest BCUT2D eigenvalue weighted by Gasteiger charge is 2.18. The molecule has 0 aliphatic carbocycles. The normalized spacial score (nSPS) is 11.2. The fourth-order valence-corrected chi connectivity index (χ4v) is 1.80. The maximum absolute atomic E-state index is 12.1. The van der Waals surface area contributed by atoms with Gasteiger partial charge in [-0.15, -0.1) is 0 Å². The third kappa shape index (κ3) is 3.88. The number of aromatic nitrogens is 1. The van der Waals surface area contributed by atoms with Gasteiger partial charge in [-0.05, 0) is 45.0 Å². The first-order chi connectivity index (χ1) is 9.46. The molecule has 1 aromatic heterocycles. The van der Waals surface area contributed by atoms with Crippen LogP contribution in [0.5, 0.6) is 0 Å². The number of hydrogen-bond donors (Lipinski definition) is 1. The standard InChI is InChI=1S/C16H20N2O2/c1-16(2,3)20-15(19)18-11-7-10-14(18)12-17-13-8-5-4-6-9-13/h4-11,17H,12H2,1-3H3. The highest BCUT2D eigenvalue weighted by atomic mass is 16.6. The first-order valence-electron chi connectivity index (χ1n) is 6.64. The molecule has 0 fully saturated rings. The topological polar surface area (TPSA) is 43.3 Å². The average molecular weight is 272 g/mol. The second kappa shape index (κ2) is 5.82. The van der Waals surface area contributed by atoms with Crippen LogP contribution in [0.25, 0.3) is 0 Å². The van der Waals surface area contributed by atoms with E-state index in [0.717, 1.165) is 11.4 Å². The van der Waals surface area contributed by atoms with Gasteiger partial charge in [0.05, 0.1) is 6.54 Å². The quantitative estimate of drug-likeness (QED) is 0.922. The Balaban J connectivity index is 2.03. The molecule has 0 unspecified atom stereocenters. The molecule has 4 nitrogen and oxygen atoms in total. The Kier molecular flexibility index (Phi) is 4.13. The van der Waals surface area contributed by atoms with Gasteiger partial charge in [0, 0.05) is 17.6 Å². The van der Waals surface area contributed by atoms with Crippen molar-refractivity contribution < 1.29 is 9.53 Å². The van der Waals surface area contributed by atoms with Crippen LogP contribution in [0.4, 0.5) is 10.5 Å². The first kappa shape index (κ1) is 14.2. The van der Waals surface area contributed by atoms with E-state index < -0.39 is 5.60 Å². The van der Waals surface area contributed by atoms with Gasteiger partial charge in [-0.25, -0.2) is 4.79 Å². The van der Waals surface area contributed by atoms with E-state index in [1.165, 1.54) is 4.57 Å². The molecule has 0 atom stereocenters. The fraction of sp³-hybridized carbons (Fsp3) is 0.312. The number of hydrogen-bond acceptors (Lipinski definition) is 3. The monoisotopic (exact) mass is 272 g/mol. The van der Waals surface area contributed by atoms with Crippen molar-refractivity contribution in [3.8, 4) is 0 Å². The molecule has 1 aromatic carbocycles. The highest BCUT2D eigenvalue weighted by molar-refractivity contribution is 5.72. The van der Waals surface area contributed by atoms with Crippen molar-refractivity contribution in [3.63, 3.8) is 0 Å². The summed E-state index contributed by atoms with van der Waals surface area (Å²) in [6.45, 7) is 6.14. The lowest BCUT2D eigenvalue weighted by atomic mass is 10.2. The Morgan fingerprint density at radius 2 is 1.85 bits per heavy atom. The molecular weight excluding hydrogens is 252 g/mol. The molecule has 20 heavy (non-hydrogen) atoms. The summed E-state index contributed by atoms with van der Waals surface area (Å²) < 4.78 is 6.90. The highest BCUT2D eigenvalue weighted by Crippen LogP contribution is 2.13. The summed E-state index contributed by atoms with van der Waals surface area (Å²) in [6, 6.07) is 13.6. The van der Waals surface area contributed by atoms with E-state index >= 15 is 0 Å². The van der Waals surface area contributed by atoms with Gasteiger partial charge >= 0.3 is 6.09 Å². The van der Waals surface area contributed by atoms with Crippen molar-refractivity contribution >= 4 is 11.8 Å². The smallest absolute Gasteiger partial charge is 0.418 e. The summed E-state index contributed by atoms with van der Waals surface area (Å²) in [4.78, 5) is 12.1. The van der Waals surface area contributed by atoms with Gasteiger partial charge in [-0.3, -0.25) is 4.57 Å². The number of rotatable bonds is 3. The zero-order chi connectivity index (χ0) is 14.6. The molecule has 0 aliphatic heterocycles. The van der Waals surface area contributed by atoms with Crippen molar-refractivity contribution in [3.05, 3.63) is 54.4 Å². The van der Waals surface area contributed by atoms with Gasteiger partial charge in [0.1, 0.15) is 5.60 Å². The van der Waals surface area contributed by atoms with Crippen molar-refractivity contribution in [1.82, 2.24) is 4.57 Å². The van der Waals surface area contributed by atoms with Gasteiger partial charge in [0.2, 0.25) is 0 Å². The van der Waals surface area contributed by atoms with E-state index in [0.29, 0.717) is 6.54 Å². The zero-order valence-electron chi connectivity index (χ0n) is 12.1. The van der Waals surface area contributed by atoms with Gasteiger partial charge in [-0.2, -0.15) is 0 Å². The largest absolute Gasteiger partial charge is 0.443 e. The Morgan fingerprint density at radius 3 is 2.50 bits per heavy atom. The number of nitrogens with one attached hydrogen (secondary N) is 1. The number of carbonyl (C=O) groups is 1. The Morgan fingerprint density at radius 1 is 1.15 bits per heavy atom. The van der Waals surface area contributed by atoms with E-state index in [-0.39, 0.29) is 6.09 Å². The van der Waals surface area contributed by atoms with Crippen LogP contribution in [-0.2, 0) is 11.3 Å². The average Bonchev–Trinajstić information content (AvgIpc) is 2.84. The molecule has 0 bridgehead atoms. The van der Waals surface area contributed by atoms with Crippen LogP contribution in [0, 0.1) is 0 Å². The molecule has 2 aromatic rings. The molecule has 0 amide bonds. The number of benzene rings is 1. The molecular formula is C16H20N2O2. The van der Waals surface area contributed by atoms with E-state index in [1.807, 2.05) is 63.2 Å². The van der Waals surface area contributed by atoms with Gasteiger partial charge in [0.25, 0.3) is 0 Å². The third-order valence-corrected chi connectivity index (χ3v) is 2.67. The fourth-order valence-electron chi connectivity index (χ4n) is 1.80.